The second kappa shape index (κ2) is 6.68. The van der Waals surface area contributed by atoms with E-state index in [0.717, 1.165) is 0 Å². The van der Waals surface area contributed by atoms with Crippen LogP contribution in [0.3, 0.4) is 0 Å². The summed E-state index contributed by atoms with van der Waals surface area (Å²) in [5.74, 6) is 4.50. The Morgan fingerprint density at radius 3 is 2.88 bits per heavy atom. The lowest BCUT2D eigenvalue weighted by molar-refractivity contribution is -0.117. The summed E-state index contributed by atoms with van der Waals surface area (Å²) in [6.45, 7) is 0.0156. The largest absolute Gasteiger partial charge is 0.384 e. The molecule has 0 unspecified atom stereocenters. The maximum atomic E-state index is 11.6. The van der Waals surface area contributed by atoms with Gasteiger partial charge in [0.2, 0.25) is 5.91 Å². The van der Waals surface area contributed by atoms with Crippen molar-refractivity contribution in [3.8, 4) is 11.8 Å². The Labute approximate surface area is 103 Å². The molecule has 5 nitrogen and oxygen atoms in total. The number of nitrogens with one attached hydrogen (secondary N) is 1. The highest BCUT2D eigenvalue weighted by Gasteiger charge is 2.08. The fourth-order valence-electron chi connectivity index (χ4n) is 1.04. The first-order valence-corrected chi connectivity index (χ1v) is 5.71. The van der Waals surface area contributed by atoms with Crippen molar-refractivity contribution in [1.82, 2.24) is 5.32 Å². The number of hydrogen-bond acceptors (Lipinski definition) is 4. The molecule has 1 aromatic rings. The van der Waals surface area contributed by atoms with Crippen LogP contribution in [0.25, 0.3) is 0 Å². The third kappa shape index (κ3) is 4.68. The minimum atomic E-state index is -0.453. The highest BCUT2D eigenvalue weighted by atomic mass is 32.1. The smallest absolute Gasteiger partial charge is 0.261 e. The van der Waals surface area contributed by atoms with Crippen LogP contribution >= 0.6 is 11.3 Å². The molecule has 0 bridgehead atoms. The minimum Gasteiger partial charge on any atom is -0.384 e. The molecule has 0 atom stereocenters. The summed E-state index contributed by atoms with van der Waals surface area (Å²) in [6, 6.07) is 3.35. The fourth-order valence-corrected chi connectivity index (χ4v) is 1.84. The summed E-state index contributed by atoms with van der Waals surface area (Å²) in [5, 5.41) is 11.1. The van der Waals surface area contributed by atoms with Gasteiger partial charge in [0.05, 0.1) is 9.75 Å². The molecule has 1 heterocycles. The summed E-state index contributed by atoms with van der Waals surface area (Å²) in [4.78, 5) is 23.3. The number of primary amides is 1. The summed E-state index contributed by atoms with van der Waals surface area (Å²) in [5.41, 5.74) is 4.95. The van der Waals surface area contributed by atoms with Crippen molar-refractivity contribution >= 4 is 23.2 Å². The second-order valence-corrected chi connectivity index (χ2v) is 4.18. The average Bonchev–Trinajstić information content (AvgIpc) is 2.74. The van der Waals surface area contributed by atoms with Gasteiger partial charge in [0.25, 0.3) is 5.91 Å². The van der Waals surface area contributed by atoms with Crippen molar-refractivity contribution in [3.63, 3.8) is 0 Å². The standard InChI is InChI=1S/C11H12N2O3S/c12-10(15)5-6-13-11(16)9-4-3-8(17-9)2-1-7-14/h3-4,14H,5-7H2,(H2,12,15)(H,13,16). The van der Waals surface area contributed by atoms with Gasteiger partial charge in [-0.25, -0.2) is 0 Å². The molecule has 0 aliphatic rings. The van der Waals surface area contributed by atoms with Gasteiger partial charge in [-0.1, -0.05) is 11.8 Å². The number of rotatable bonds is 4. The SMILES string of the molecule is NC(=O)CCNC(=O)c1ccc(C#CCO)s1. The van der Waals surface area contributed by atoms with Crippen LogP contribution in [0.4, 0.5) is 0 Å². The summed E-state index contributed by atoms with van der Waals surface area (Å²) in [7, 11) is 0. The number of thiophene rings is 1. The van der Waals surface area contributed by atoms with Gasteiger partial charge in [-0.05, 0) is 12.1 Å². The van der Waals surface area contributed by atoms with E-state index < -0.39 is 5.91 Å². The van der Waals surface area contributed by atoms with Gasteiger partial charge in [0.1, 0.15) is 6.61 Å². The highest BCUT2D eigenvalue weighted by molar-refractivity contribution is 7.14. The molecule has 0 aliphatic heterocycles. The predicted octanol–water partition coefficient (Wildman–Crippen LogP) is -0.303. The van der Waals surface area contributed by atoms with Crippen LogP contribution in [0.1, 0.15) is 21.0 Å². The lowest BCUT2D eigenvalue weighted by Crippen LogP contribution is -2.27. The molecule has 2 amide bonds. The molecular weight excluding hydrogens is 240 g/mol. The maximum absolute atomic E-state index is 11.6. The van der Waals surface area contributed by atoms with Gasteiger partial charge in [0, 0.05) is 13.0 Å². The molecule has 4 N–H and O–H groups in total. The topological polar surface area (TPSA) is 92.4 Å². The quantitative estimate of drug-likeness (QED) is 0.642. The summed E-state index contributed by atoms with van der Waals surface area (Å²) >= 11 is 1.23. The Hall–Kier alpha value is -1.84. The summed E-state index contributed by atoms with van der Waals surface area (Å²) < 4.78 is 0. The summed E-state index contributed by atoms with van der Waals surface area (Å²) in [6.07, 6.45) is 0.119. The Morgan fingerprint density at radius 2 is 2.24 bits per heavy atom. The van der Waals surface area contributed by atoms with Crippen molar-refractivity contribution in [2.24, 2.45) is 5.73 Å². The molecule has 0 spiro atoms. The molecular formula is C11H12N2O3S. The molecule has 0 aromatic carbocycles. The Kier molecular flexibility index (Phi) is 5.20. The van der Waals surface area contributed by atoms with E-state index in [2.05, 4.69) is 17.2 Å². The van der Waals surface area contributed by atoms with Crippen LogP contribution in [0, 0.1) is 11.8 Å². The Balaban J connectivity index is 2.52. The molecule has 0 saturated heterocycles. The van der Waals surface area contributed by atoms with Crippen LogP contribution < -0.4 is 11.1 Å². The molecule has 90 valence electrons. The molecule has 6 heteroatoms. The zero-order valence-corrected chi connectivity index (χ0v) is 9.84. The first-order chi connectivity index (χ1) is 8.13. The molecule has 17 heavy (non-hydrogen) atoms. The zero-order valence-electron chi connectivity index (χ0n) is 9.03. The fraction of sp³-hybridized carbons (Fsp3) is 0.273. The zero-order chi connectivity index (χ0) is 12.7. The van der Waals surface area contributed by atoms with E-state index in [0.29, 0.717) is 9.75 Å². The number of hydrogen-bond donors (Lipinski definition) is 3. The lowest BCUT2D eigenvalue weighted by Gasteiger charge is -2.00. The number of nitrogens with two attached hydrogens (primary N) is 1. The van der Waals surface area contributed by atoms with Crippen LogP contribution in [0.15, 0.2) is 12.1 Å². The van der Waals surface area contributed by atoms with Crippen molar-refractivity contribution in [3.05, 3.63) is 21.9 Å². The van der Waals surface area contributed by atoms with E-state index in [1.807, 2.05) is 0 Å². The van der Waals surface area contributed by atoms with Crippen LogP contribution in [0.5, 0.6) is 0 Å². The normalized spacial score (nSPS) is 9.24. The Morgan fingerprint density at radius 1 is 1.47 bits per heavy atom. The third-order valence-electron chi connectivity index (χ3n) is 1.78. The van der Waals surface area contributed by atoms with Crippen LogP contribution in [-0.2, 0) is 4.79 Å². The second-order valence-electron chi connectivity index (χ2n) is 3.10. The molecule has 0 saturated carbocycles. The maximum Gasteiger partial charge on any atom is 0.261 e. The highest BCUT2D eigenvalue weighted by Crippen LogP contribution is 2.14. The van der Waals surface area contributed by atoms with Crippen molar-refractivity contribution < 1.29 is 14.7 Å². The van der Waals surface area contributed by atoms with Gasteiger partial charge in [-0.2, -0.15) is 0 Å². The average molecular weight is 252 g/mol. The molecule has 1 rings (SSSR count). The monoisotopic (exact) mass is 252 g/mol. The van der Waals surface area contributed by atoms with Gasteiger partial charge >= 0.3 is 0 Å². The first-order valence-electron chi connectivity index (χ1n) is 4.89. The minimum absolute atomic E-state index is 0.119. The van der Waals surface area contributed by atoms with Crippen molar-refractivity contribution in [2.75, 3.05) is 13.2 Å². The van der Waals surface area contributed by atoms with E-state index in [4.69, 9.17) is 10.8 Å². The van der Waals surface area contributed by atoms with E-state index in [9.17, 15) is 9.59 Å². The molecule has 0 fully saturated rings. The van der Waals surface area contributed by atoms with E-state index >= 15 is 0 Å². The molecule has 0 aliphatic carbocycles. The van der Waals surface area contributed by atoms with Gasteiger partial charge in [-0.15, -0.1) is 11.3 Å². The lowest BCUT2D eigenvalue weighted by atomic mass is 10.3. The van der Waals surface area contributed by atoms with E-state index in [1.165, 1.54) is 11.3 Å². The van der Waals surface area contributed by atoms with Gasteiger partial charge in [-0.3, -0.25) is 9.59 Å². The van der Waals surface area contributed by atoms with E-state index in [-0.39, 0.29) is 25.5 Å². The van der Waals surface area contributed by atoms with Crippen molar-refractivity contribution in [2.45, 2.75) is 6.42 Å². The first kappa shape index (κ1) is 13.2. The molecule has 0 radical (unpaired) electrons. The number of aliphatic hydroxyl groups excluding tert-OH is 1. The Bertz CT molecular complexity index is 471. The van der Waals surface area contributed by atoms with Crippen LogP contribution in [0.2, 0.25) is 0 Å². The van der Waals surface area contributed by atoms with Crippen LogP contribution in [-0.4, -0.2) is 30.1 Å². The van der Waals surface area contributed by atoms with Gasteiger partial charge < -0.3 is 16.2 Å². The van der Waals surface area contributed by atoms with Crippen molar-refractivity contribution in [1.29, 1.82) is 0 Å². The molecule has 1 aromatic heterocycles. The number of carbonyl (C=O) groups excluding carboxylic acids is 2. The third-order valence-corrected chi connectivity index (χ3v) is 2.78. The number of amides is 2. The van der Waals surface area contributed by atoms with Gasteiger partial charge in [0.15, 0.2) is 0 Å². The van der Waals surface area contributed by atoms with E-state index in [1.54, 1.807) is 12.1 Å². The number of carbonyl (C=O) groups is 2. The predicted molar refractivity (Wildman–Crippen MR) is 64.4 cm³/mol. The number of aliphatic hydroxyl groups is 1.